The first kappa shape index (κ1) is 20.4. The summed E-state index contributed by atoms with van der Waals surface area (Å²) in [5, 5.41) is 4.35. The summed E-state index contributed by atoms with van der Waals surface area (Å²) in [6, 6.07) is 17.2. The first-order chi connectivity index (χ1) is 13.7. The van der Waals surface area contributed by atoms with E-state index >= 15 is 0 Å². The standard InChI is InChI=1S/C21H14ClF3N2O2/c22-18-11-10-16(12-17(18)21(23,24)25)27-20(29)26-15-8-6-14(7-9-15)19(28)13-4-2-1-3-5-13/h1-12H,(H2,26,27,29). The maximum atomic E-state index is 12.9. The number of ketones is 1. The van der Waals surface area contributed by atoms with Crippen molar-refractivity contribution in [2.75, 3.05) is 10.6 Å². The number of rotatable bonds is 4. The van der Waals surface area contributed by atoms with E-state index in [2.05, 4.69) is 10.6 Å². The van der Waals surface area contributed by atoms with Gasteiger partial charge in [-0.15, -0.1) is 0 Å². The molecule has 148 valence electrons. The predicted octanol–water partition coefficient (Wildman–Crippen LogP) is 6.23. The number of carbonyl (C=O) groups is 2. The molecule has 0 aromatic heterocycles. The molecule has 8 heteroatoms. The van der Waals surface area contributed by atoms with Gasteiger partial charge in [0.05, 0.1) is 10.6 Å². The Bertz CT molecular complexity index is 1040. The fourth-order valence-corrected chi connectivity index (χ4v) is 2.80. The molecule has 3 aromatic rings. The molecule has 0 aliphatic rings. The van der Waals surface area contributed by atoms with Crippen molar-refractivity contribution in [2.24, 2.45) is 0 Å². The molecule has 0 fully saturated rings. The first-order valence-corrected chi connectivity index (χ1v) is 8.76. The molecule has 0 radical (unpaired) electrons. The van der Waals surface area contributed by atoms with Crippen molar-refractivity contribution < 1.29 is 22.8 Å². The number of urea groups is 1. The highest BCUT2D eigenvalue weighted by Gasteiger charge is 2.33. The largest absolute Gasteiger partial charge is 0.417 e. The van der Waals surface area contributed by atoms with Gasteiger partial charge in [0.25, 0.3) is 0 Å². The zero-order valence-corrected chi connectivity index (χ0v) is 15.5. The van der Waals surface area contributed by atoms with Crippen molar-refractivity contribution in [2.45, 2.75) is 6.18 Å². The highest BCUT2D eigenvalue weighted by molar-refractivity contribution is 6.31. The highest BCUT2D eigenvalue weighted by atomic mass is 35.5. The second-order valence-corrected chi connectivity index (χ2v) is 6.45. The van der Waals surface area contributed by atoms with Crippen molar-refractivity contribution in [1.82, 2.24) is 0 Å². The molecule has 2 amide bonds. The minimum absolute atomic E-state index is 0.0601. The summed E-state index contributed by atoms with van der Waals surface area (Å²) in [5.74, 6) is -0.164. The van der Waals surface area contributed by atoms with Gasteiger partial charge in [0.2, 0.25) is 0 Å². The number of hydrogen-bond donors (Lipinski definition) is 2. The molecule has 0 atom stereocenters. The zero-order valence-electron chi connectivity index (χ0n) is 14.8. The normalized spacial score (nSPS) is 11.0. The van der Waals surface area contributed by atoms with E-state index in [4.69, 9.17) is 11.6 Å². The van der Waals surface area contributed by atoms with Crippen molar-refractivity contribution in [3.05, 3.63) is 94.5 Å². The van der Waals surface area contributed by atoms with Crippen LogP contribution in [-0.4, -0.2) is 11.8 Å². The van der Waals surface area contributed by atoms with Crippen molar-refractivity contribution in [1.29, 1.82) is 0 Å². The number of nitrogens with one attached hydrogen (secondary N) is 2. The summed E-state index contributed by atoms with van der Waals surface area (Å²) in [6.45, 7) is 0. The maximum Gasteiger partial charge on any atom is 0.417 e. The zero-order chi connectivity index (χ0) is 21.0. The third kappa shape index (κ3) is 5.14. The Kier molecular flexibility index (Phi) is 5.89. The van der Waals surface area contributed by atoms with Gasteiger partial charge in [0.1, 0.15) is 0 Å². The van der Waals surface area contributed by atoms with Crippen LogP contribution in [0.4, 0.5) is 29.3 Å². The Morgan fingerprint density at radius 2 is 1.31 bits per heavy atom. The Morgan fingerprint density at radius 1 is 0.759 bits per heavy atom. The van der Waals surface area contributed by atoms with E-state index in [0.717, 1.165) is 12.1 Å². The SMILES string of the molecule is O=C(Nc1ccc(C(=O)c2ccccc2)cc1)Nc1ccc(Cl)c(C(F)(F)F)c1. The summed E-state index contributed by atoms with van der Waals surface area (Å²) < 4.78 is 38.7. The van der Waals surface area contributed by atoms with Crippen molar-refractivity contribution in [3.8, 4) is 0 Å². The van der Waals surface area contributed by atoms with Crippen LogP contribution in [0.1, 0.15) is 21.5 Å². The van der Waals surface area contributed by atoms with Crippen LogP contribution in [0.3, 0.4) is 0 Å². The molecular weight excluding hydrogens is 405 g/mol. The lowest BCUT2D eigenvalue weighted by Crippen LogP contribution is -2.20. The average Bonchev–Trinajstić information content (AvgIpc) is 2.69. The van der Waals surface area contributed by atoms with Gasteiger partial charge >= 0.3 is 12.2 Å². The Morgan fingerprint density at radius 3 is 1.93 bits per heavy atom. The van der Waals surface area contributed by atoms with E-state index in [1.807, 2.05) is 0 Å². The second kappa shape index (κ2) is 8.36. The lowest BCUT2D eigenvalue weighted by Gasteiger charge is -2.12. The molecule has 0 saturated heterocycles. The highest BCUT2D eigenvalue weighted by Crippen LogP contribution is 2.36. The number of alkyl halides is 3. The lowest BCUT2D eigenvalue weighted by molar-refractivity contribution is -0.137. The van der Waals surface area contributed by atoms with Crippen molar-refractivity contribution in [3.63, 3.8) is 0 Å². The van der Waals surface area contributed by atoms with Gasteiger partial charge in [-0.25, -0.2) is 4.79 Å². The minimum Gasteiger partial charge on any atom is -0.308 e. The lowest BCUT2D eigenvalue weighted by atomic mass is 10.0. The molecule has 3 aromatic carbocycles. The molecule has 0 spiro atoms. The fraction of sp³-hybridized carbons (Fsp3) is 0.0476. The molecule has 3 rings (SSSR count). The minimum atomic E-state index is -4.63. The third-order valence-corrected chi connectivity index (χ3v) is 4.30. The van der Waals surface area contributed by atoms with Gasteiger partial charge in [-0.05, 0) is 42.5 Å². The van der Waals surface area contributed by atoms with Gasteiger partial charge in [-0.2, -0.15) is 13.2 Å². The smallest absolute Gasteiger partial charge is 0.308 e. The van der Waals surface area contributed by atoms with E-state index < -0.39 is 22.8 Å². The topological polar surface area (TPSA) is 58.2 Å². The van der Waals surface area contributed by atoms with E-state index in [9.17, 15) is 22.8 Å². The summed E-state index contributed by atoms with van der Waals surface area (Å²) in [5.41, 5.74) is 0.247. The Hall–Kier alpha value is -3.32. The molecule has 0 unspecified atom stereocenters. The quantitative estimate of drug-likeness (QED) is 0.493. The van der Waals surface area contributed by atoms with Crippen molar-refractivity contribution >= 4 is 34.8 Å². The van der Waals surface area contributed by atoms with Crippen LogP contribution in [0.15, 0.2) is 72.8 Å². The summed E-state index contributed by atoms with van der Waals surface area (Å²) in [6.07, 6.45) is -4.63. The number of halogens is 4. The van der Waals surface area contributed by atoms with Crippen LogP contribution < -0.4 is 10.6 Å². The van der Waals surface area contributed by atoms with E-state index in [1.165, 1.54) is 18.2 Å². The monoisotopic (exact) mass is 418 g/mol. The van der Waals surface area contributed by atoms with Gasteiger partial charge in [0, 0.05) is 22.5 Å². The van der Waals surface area contributed by atoms with Crippen LogP contribution >= 0.6 is 11.6 Å². The number of anilines is 2. The van der Waals surface area contributed by atoms with Crippen LogP contribution in [0.2, 0.25) is 5.02 Å². The van der Waals surface area contributed by atoms with Crippen LogP contribution in [0, 0.1) is 0 Å². The summed E-state index contributed by atoms with van der Waals surface area (Å²) in [7, 11) is 0. The Labute approximate surface area is 169 Å². The molecule has 0 aliphatic heterocycles. The molecule has 2 N–H and O–H groups in total. The van der Waals surface area contributed by atoms with E-state index in [1.54, 1.807) is 42.5 Å². The first-order valence-electron chi connectivity index (χ1n) is 8.38. The number of carbonyl (C=O) groups excluding carboxylic acids is 2. The molecule has 29 heavy (non-hydrogen) atoms. The second-order valence-electron chi connectivity index (χ2n) is 6.04. The van der Waals surface area contributed by atoms with Gasteiger partial charge < -0.3 is 10.6 Å². The molecule has 0 saturated carbocycles. The van der Waals surface area contributed by atoms with E-state index in [-0.39, 0.29) is 11.5 Å². The van der Waals surface area contributed by atoms with Gasteiger partial charge in [-0.1, -0.05) is 41.9 Å². The average molecular weight is 419 g/mol. The number of amides is 2. The number of benzene rings is 3. The van der Waals surface area contributed by atoms with Crippen LogP contribution in [-0.2, 0) is 6.18 Å². The summed E-state index contributed by atoms with van der Waals surface area (Å²) >= 11 is 5.56. The molecule has 0 bridgehead atoms. The number of hydrogen-bond acceptors (Lipinski definition) is 2. The molecule has 0 aliphatic carbocycles. The third-order valence-electron chi connectivity index (χ3n) is 3.97. The van der Waals surface area contributed by atoms with Crippen LogP contribution in [0.25, 0.3) is 0 Å². The fourth-order valence-electron chi connectivity index (χ4n) is 2.57. The summed E-state index contributed by atoms with van der Waals surface area (Å²) in [4.78, 5) is 24.4. The maximum absolute atomic E-state index is 12.9. The Balaban J connectivity index is 1.66. The predicted molar refractivity (Wildman–Crippen MR) is 105 cm³/mol. The van der Waals surface area contributed by atoms with Gasteiger partial charge in [0.15, 0.2) is 5.78 Å². The molecule has 0 heterocycles. The van der Waals surface area contributed by atoms with Gasteiger partial charge in [-0.3, -0.25) is 4.79 Å². The molecular formula is C21H14ClF3N2O2. The molecule has 4 nitrogen and oxygen atoms in total. The van der Waals surface area contributed by atoms with E-state index in [0.29, 0.717) is 16.8 Å². The van der Waals surface area contributed by atoms with Crippen LogP contribution in [0.5, 0.6) is 0 Å².